The number of carbonyl (C=O) groups excluding carboxylic acids is 4. The van der Waals surface area contributed by atoms with E-state index in [9.17, 15) is 28.8 Å². The van der Waals surface area contributed by atoms with Gasteiger partial charge in [-0.2, -0.15) is 11.8 Å². The second-order valence-electron chi connectivity index (χ2n) is 6.25. The van der Waals surface area contributed by atoms with Gasteiger partial charge >= 0.3 is 23.9 Å². The van der Waals surface area contributed by atoms with E-state index in [1.165, 1.54) is 7.11 Å². The van der Waals surface area contributed by atoms with Crippen LogP contribution >= 0.6 is 11.8 Å². The molecular formula is C17H27N3O10S. The maximum Gasteiger partial charge on any atom is 0.322 e. The number of methoxy groups -OCH3 is 2. The first-order valence-electron chi connectivity index (χ1n) is 9.01. The lowest BCUT2D eigenvalue weighted by Crippen LogP contribution is -2.49. The van der Waals surface area contributed by atoms with Gasteiger partial charge in [-0.15, -0.1) is 0 Å². The smallest absolute Gasteiger partial charge is 0.322 e. The van der Waals surface area contributed by atoms with Gasteiger partial charge in [0.05, 0.1) is 26.6 Å². The molecule has 0 heterocycles. The number of hydrogen-bond acceptors (Lipinski definition) is 10. The van der Waals surface area contributed by atoms with Gasteiger partial charge in [-0.3, -0.25) is 28.8 Å². The zero-order valence-electron chi connectivity index (χ0n) is 17.1. The molecule has 6 N–H and O–H groups in total. The lowest BCUT2D eigenvalue weighted by atomic mass is 10.1. The zero-order valence-corrected chi connectivity index (χ0v) is 17.9. The third kappa shape index (κ3) is 12.4. The highest BCUT2D eigenvalue weighted by Crippen LogP contribution is 2.16. The number of aliphatic carboxylic acids is 2. The Bertz CT molecular complexity index is 673. The predicted molar refractivity (Wildman–Crippen MR) is 107 cm³/mol. The van der Waals surface area contributed by atoms with E-state index >= 15 is 0 Å². The van der Waals surface area contributed by atoms with E-state index in [1.54, 1.807) is 0 Å². The number of esters is 2. The van der Waals surface area contributed by atoms with Crippen molar-refractivity contribution in [3.8, 4) is 0 Å². The summed E-state index contributed by atoms with van der Waals surface area (Å²) in [6.45, 7) is -0.674. The standard InChI is InChI=1S/C17H27N3O10S/c1-29-14(24)5-9(17(28)30-2)7-31-8-11(15(25)19-6-13(22)23)20-12(21)4-3-10(18)16(26)27/h9-11H,3-8,18H2,1-2H3,(H,19,25)(H,20,21)(H,22,23)(H,26,27)/t9?,10-,11?/m0/s1. The van der Waals surface area contributed by atoms with Crippen molar-refractivity contribution < 1.29 is 48.5 Å². The molecule has 176 valence electrons. The lowest BCUT2D eigenvalue weighted by molar-refractivity contribution is -0.151. The summed E-state index contributed by atoms with van der Waals surface area (Å²) in [6, 6.07) is -2.42. The Labute approximate surface area is 182 Å². The van der Waals surface area contributed by atoms with Crippen LogP contribution in [0.25, 0.3) is 0 Å². The summed E-state index contributed by atoms with van der Waals surface area (Å²) in [4.78, 5) is 68.9. The summed E-state index contributed by atoms with van der Waals surface area (Å²) in [6.07, 6.45) is -0.680. The third-order valence-corrected chi connectivity index (χ3v) is 5.05. The summed E-state index contributed by atoms with van der Waals surface area (Å²) in [7, 11) is 2.32. The number of nitrogens with two attached hydrogens (primary N) is 1. The van der Waals surface area contributed by atoms with Crippen molar-refractivity contribution in [2.75, 3.05) is 32.3 Å². The predicted octanol–water partition coefficient (Wildman–Crippen LogP) is -2.05. The fourth-order valence-electron chi connectivity index (χ4n) is 2.14. The second-order valence-corrected chi connectivity index (χ2v) is 7.33. The number of amides is 2. The number of nitrogens with one attached hydrogen (secondary N) is 2. The number of carboxylic acid groups (broad SMARTS) is 2. The molecule has 0 aliphatic carbocycles. The molecule has 0 fully saturated rings. The first-order valence-corrected chi connectivity index (χ1v) is 10.2. The molecule has 0 aromatic carbocycles. The average molecular weight is 465 g/mol. The van der Waals surface area contributed by atoms with Crippen molar-refractivity contribution in [1.82, 2.24) is 10.6 Å². The molecule has 31 heavy (non-hydrogen) atoms. The number of rotatable bonds is 15. The van der Waals surface area contributed by atoms with Gasteiger partial charge in [0, 0.05) is 17.9 Å². The fourth-order valence-corrected chi connectivity index (χ4v) is 3.28. The van der Waals surface area contributed by atoms with Crippen LogP contribution in [0.5, 0.6) is 0 Å². The normalized spacial score (nSPS) is 13.3. The van der Waals surface area contributed by atoms with Crippen molar-refractivity contribution >= 4 is 47.5 Å². The van der Waals surface area contributed by atoms with E-state index in [-0.39, 0.29) is 30.8 Å². The molecule has 14 heteroatoms. The summed E-state index contributed by atoms with van der Waals surface area (Å²) >= 11 is 1.05. The van der Waals surface area contributed by atoms with Crippen molar-refractivity contribution in [1.29, 1.82) is 0 Å². The number of carbonyl (C=O) groups is 6. The molecule has 13 nitrogen and oxygen atoms in total. The van der Waals surface area contributed by atoms with Gasteiger partial charge in [0.15, 0.2) is 0 Å². The van der Waals surface area contributed by atoms with Crippen LogP contribution in [0.4, 0.5) is 0 Å². The van der Waals surface area contributed by atoms with Gasteiger partial charge in [0.2, 0.25) is 11.8 Å². The van der Waals surface area contributed by atoms with Gasteiger partial charge in [-0.25, -0.2) is 0 Å². The van der Waals surface area contributed by atoms with Gasteiger partial charge in [-0.05, 0) is 6.42 Å². The number of ether oxygens (including phenoxy) is 2. The van der Waals surface area contributed by atoms with Crippen LogP contribution in [-0.2, 0) is 38.2 Å². The Morgan fingerprint density at radius 3 is 2.19 bits per heavy atom. The average Bonchev–Trinajstić information content (AvgIpc) is 2.73. The fraction of sp³-hybridized carbons (Fsp3) is 0.647. The van der Waals surface area contributed by atoms with E-state index in [1.807, 2.05) is 0 Å². The minimum Gasteiger partial charge on any atom is -0.480 e. The Hall–Kier alpha value is -2.87. The quantitative estimate of drug-likeness (QED) is 0.165. The van der Waals surface area contributed by atoms with Gasteiger partial charge in [-0.1, -0.05) is 0 Å². The summed E-state index contributed by atoms with van der Waals surface area (Å²) in [5.74, 6) is -6.15. The Balaban J connectivity index is 4.99. The van der Waals surface area contributed by atoms with E-state index in [0.29, 0.717) is 0 Å². The van der Waals surface area contributed by atoms with E-state index in [4.69, 9.17) is 15.9 Å². The number of hydrogen-bond donors (Lipinski definition) is 5. The van der Waals surface area contributed by atoms with Crippen LogP contribution in [0, 0.1) is 5.92 Å². The molecule has 0 aromatic heterocycles. The van der Waals surface area contributed by atoms with Crippen molar-refractivity contribution in [3.05, 3.63) is 0 Å². The summed E-state index contributed by atoms with van der Waals surface area (Å²) < 4.78 is 9.16. The topological polar surface area (TPSA) is 211 Å². The van der Waals surface area contributed by atoms with Gasteiger partial charge in [0.25, 0.3) is 0 Å². The zero-order chi connectivity index (χ0) is 24.0. The largest absolute Gasteiger partial charge is 0.480 e. The molecule has 0 saturated carbocycles. The third-order valence-electron chi connectivity index (χ3n) is 3.84. The number of thioether (sulfide) groups is 1. The Kier molecular flexibility index (Phi) is 13.6. The van der Waals surface area contributed by atoms with E-state index < -0.39 is 60.2 Å². The summed E-state index contributed by atoms with van der Waals surface area (Å²) in [5.41, 5.74) is 5.33. The molecule has 2 unspecified atom stereocenters. The molecule has 0 rings (SSSR count). The lowest BCUT2D eigenvalue weighted by Gasteiger charge is -2.19. The van der Waals surface area contributed by atoms with Crippen LogP contribution in [0.1, 0.15) is 19.3 Å². The van der Waals surface area contributed by atoms with Gasteiger partial charge in [0.1, 0.15) is 18.6 Å². The molecular weight excluding hydrogens is 438 g/mol. The van der Waals surface area contributed by atoms with Crippen molar-refractivity contribution in [3.63, 3.8) is 0 Å². The van der Waals surface area contributed by atoms with Crippen molar-refractivity contribution in [2.45, 2.75) is 31.3 Å². The Morgan fingerprint density at radius 1 is 1.03 bits per heavy atom. The highest BCUT2D eigenvalue weighted by molar-refractivity contribution is 7.99. The van der Waals surface area contributed by atoms with E-state index in [2.05, 4.69) is 20.1 Å². The first-order chi connectivity index (χ1) is 14.5. The van der Waals surface area contributed by atoms with Crippen LogP contribution in [0.3, 0.4) is 0 Å². The number of carboxylic acids is 2. The molecule has 0 radical (unpaired) electrons. The van der Waals surface area contributed by atoms with Crippen LogP contribution in [-0.4, -0.2) is 90.3 Å². The second kappa shape index (κ2) is 15.0. The molecule has 3 atom stereocenters. The highest BCUT2D eigenvalue weighted by Gasteiger charge is 2.26. The van der Waals surface area contributed by atoms with Gasteiger partial charge < -0.3 is 36.1 Å². The molecule has 0 spiro atoms. The molecule has 0 bridgehead atoms. The SMILES string of the molecule is COC(=O)CC(CSCC(NC(=O)CC[C@H](N)C(=O)O)C(=O)NCC(=O)O)C(=O)OC. The molecule has 0 aromatic rings. The van der Waals surface area contributed by atoms with Crippen molar-refractivity contribution in [2.24, 2.45) is 11.7 Å². The van der Waals surface area contributed by atoms with Crippen LogP contribution < -0.4 is 16.4 Å². The molecule has 0 aliphatic heterocycles. The maximum atomic E-state index is 12.2. The van der Waals surface area contributed by atoms with Crippen LogP contribution in [0.15, 0.2) is 0 Å². The van der Waals surface area contributed by atoms with Crippen LogP contribution in [0.2, 0.25) is 0 Å². The monoisotopic (exact) mass is 465 g/mol. The minimum atomic E-state index is -1.29. The highest BCUT2D eigenvalue weighted by atomic mass is 32.2. The minimum absolute atomic E-state index is 0.0587. The molecule has 2 amide bonds. The first kappa shape index (κ1) is 28.1. The maximum absolute atomic E-state index is 12.2. The Morgan fingerprint density at radius 2 is 1.68 bits per heavy atom. The van der Waals surface area contributed by atoms with E-state index in [0.717, 1.165) is 18.9 Å². The summed E-state index contributed by atoms with van der Waals surface area (Å²) in [5, 5.41) is 22.0. The molecule has 0 saturated heterocycles. The molecule has 0 aliphatic rings.